The van der Waals surface area contributed by atoms with E-state index in [0.717, 1.165) is 36.9 Å². The van der Waals surface area contributed by atoms with Crippen LogP contribution < -0.4 is 20.5 Å². The number of rotatable bonds is 7. The summed E-state index contributed by atoms with van der Waals surface area (Å²) in [7, 11) is 0. The molecule has 3 aliphatic rings. The van der Waals surface area contributed by atoms with Crippen molar-refractivity contribution in [3.05, 3.63) is 53.2 Å². The van der Waals surface area contributed by atoms with Gasteiger partial charge in [0.25, 0.3) is 11.8 Å². The Hall–Kier alpha value is -4.36. The zero-order valence-electron chi connectivity index (χ0n) is 23.1. The number of nitrogens with one attached hydrogen (secondary N) is 2. The third-order valence-corrected chi connectivity index (χ3v) is 6.97. The second kappa shape index (κ2) is 11.3. The SMILES string of the molecule is CC(C)(C)OC(=O)c1ccc(N2CCN(CNOc3ccc4c(c3)C(=O)N(C3CCC(=O)NC3=O)C4=O)CC2)nc1. The molecule has 216 valence electrons. The molecular weight excluding hydrogens is 532 g/mol. The molecule has 2 aromatic rings. The van der Waals surface area contributed by atoms with E-state index in [1.165, 1.54) is 18.3 Å². The van der Waals surface area contributed by atoms with Gasteiger partial charge in [-0.15, -0.1) is 5.48 Å². The predicted molar refractivity (Wildman–Crippen MR) is 145 cm³/mol. The average Bonchev–Trinajstić information content (AvgIpc) is 3.17. The molecule has 0 aliphatic carbocycles. The van der Waals surface area contributed by atoms with Crippen molar-refractivity contribution in [2.45, 2.75) is 45.3 Å². The Balaban J connectivity index is 1.10. The Morgan fingerprint density at radius 1 is 1.02 bits per heavy atom. The number of nitrogens with zero attached hydrogens (tertiary/aromatic N) is 4. The van der Waals surface area contributed by atoms with Crippen molar-refractivity contribution in [2.24, 2.45) is 0 Å². The second-order valence-corrected chi connectivity index (χ2v) is 11.1. The van der Waals surface area contributed by atoms with E-state index < -0.39 is 41.2 Å². The summed E-state index contributed by atoms with van der Waals surface area (Å²) in [5, 5.41) is 2.18. The Bertz CT molecular complexity index is 1380. The molecule has 1 atom stereocenters. The van der Waals surface area contributed by atoms with E-state index in [1.54, 1.807) is 12.1 Å². The van der Waals surface area contributed by atoms with Gasteiger partial charge in [-0.2, -0.15) is 0 Å². The molecule has 13 nitrogen and oxygen atoms in total. The molecule has 2 N–H and O–H groups in total. The van der Waals surface area contributed by atoms with Gasteiger partial charge < -0.3 is 14.5 Å². The molecular formula is C28H32N6O7. The molecule has 13 heteroatoms. The number of piperidine rings is 1. The first kappa shape index (κ1) is 28.2. The lowest BCUT2D eigenvalue weighted by Gasteiger charge is -2.35. The molecule has 1 unspecified atom stereocenters. The second-order valence-electron chi connectivity index (χ2n) is 11.1. The molecule has 0 saturated carbocycles. The smallest absolute Gasteiger partial charge is 0.340 e. The normalized spacial score (nSPS) is 19.7. The molecule has 0 bridgehead atoms. The molecule has 0 spiro atoms. The van der Waals surface area contributed by atoms with Crippen LogP contribution in [0.2, 0.25) is 0 Å². The number of ether oxygens (including phenoxy) is 1. The van der Waals surface area contributed by atoms with Gasteiger partial charge >= 0.3 is 5.97 Å². The summed E-state index contributed by atoms with van der Waals surface area (Å²) in [6.45, 7) is 8.82. The standard InChI is InChI=1S/C28H32N6O7/c1-28(2,3)40-27(39)17-4-8-22(29-15-17)33-12-10-32(11-13-33)16-30-41-18-5-6-19-20(14-18)26(38)34(25(19)37)21-7-9-23(35)31-24(21)36/h4-6,8,14-15,21,30H,7,9-13,16H2,1-3H3,(H,31,35,36). The van der Waals surface area contributed by atoms with Crippen LogP contribution in [0.3, 0.4) is 0 Å². The maximum absolute atomic E-state index is 13.0. The average molecular weight is 565 g/mol. The van der Waals surface area contributed by atoms with Crippen molar-refractivity contribution < 1.29 is 33.5 Å². The predicted octanol–water partition coefficient (Wildman–Crippen LogP) is 1.10. The lowest BCUT2D eigenvalue weighted by molar-refractivity contribution is -0.136. The fraction of sp³-hybridized carbons (Fsp3) is 0.429. The van der Waals surface area contributed by atoms with Crippen LogP contribution in [0, 0.1) is 0 Å². The molecule has 4 heterocycles. The number of aromatic nitrogens is 1. The van der Waals surface area contributed by atoms with Crippen molar-refractivity contribution in [2.75, 3.05) is 37.7 Å². The summed E-state index contributed by atoms with van der Waals surface area (Å²) in [5.41, 5.74) is 3.08. The number of imide groups is 2. The topological polar surface area (TPSA) is 150 Å². The van der Waals surface area contributed by atoms with Crippen LogP contribution in [0.5, 0.6) is 5.75 Å². The van der Waals surface area contributed by atoms with E-state index in [4.69, 9.17) is 9.57 Å². The molecule has 2 fully saturated rings. The van der Waals surface area contributed by atoms with Crippen molar-refractivity contribution in [1.29, 1.82) is 0 Å². The molecule has 1 aromatic carbocycles. The molecule has 3 aliphatic heterocycles. The number of benzene rings is 1. The molecule has 2 saturated heterocycles. The third kappa shape index (κ3) is 6.20. The molecule has 5 rings (SSSR count). The molecule has 0 radical (unpaired) electrons. The van der Waals surface area contributed by atoms with E-state index in [-0.39, 0.29) is 24.0 Å². The van der Waals surface area contributed by atoms with Gasteiger partial charge in [0.05, 0.1) is 23.4 Å². The number of hydroxylamine groups is 1. The highest BCUT2D eigenvalue weighted by molar-refractivity contribution is 6.23. The van der Waals surface area contributed by atoms with Crippen molar-refractivity contribution in [1.82, 2.24) is 25.6 Å². The van der Waals surface area contributed by atoms with Crippen molar-refractivity contribution >= 4 is 35.4 Å². The van der Waals surface area contributed by atoms with Crippen LogP contribution >= 0.6 is 0 Å². The minimum atomic E-state index is -1.01. The first-order chi connectivity index (χ1) is 19.5. The number of fused-ring (bicyclic) bond motifs is 1. The lowest BCUT2D eigenvalue weighted by Crippen LogP contribution is -2.54. The fourth-order valence-electron chi connectivity index (χ4n) is 4.89. The number of esters is 1. The van der Waals surface area contributed by atoms with E-state index in [1.807, 2.05) is 26.8 Å². The highest BCUT2D eigenvalue weighted by Gasteiger charge is 2.44. The molecule has 41 heavy (non-hydrogen) atoms. The Morgan fingerprint density at radius 3 is 2.41 bits per heavy atom. The van der Waals surface area contributed by atoms with Crippen molar-refractivity contribution in [3.63, 3.8) is 0 Å². The first-order valence-corrected chi connectivity index (χ1v) is 13.4. The highest BCUT2D eigenvalue weighted by Crippen LogP contribution is 2.30. The number of hydrogen-bond donors (Lipinski definition) is 2. The Kier molecular flexibility index (Phi) is 7.74. The van der Waals surface area contributed by atoms with Gasteiger partial charge in [-0.05, 0) is 57.5 Å². The number of piperazine rings is 1. The zero-order chi connectivity index (χ0) is 29.3. The summed E-state index contributed by atoms with van der Waals surface area (Å²) < 4.78 is 5.38. The summed E-state index contributed by atoms with van der Waals surface area (Å²) in [6.07, 6.45) is 1.69. The van der Waals surface area contributed by atoms with Crippen LogP contribution in [0.25, 0.3) is 0 Å². The molecule has 1 aromatic heterocycles. The van der Waals surface area contributed by atoms with E-state index >= 15 is 0 Å². The Labute approximate surface area is 236 Å². The van der Waals surface area contributed by atoms with Gasteiger partial charge in [0, 0.05) is 38.8 Å². The van der Waals surface area contributed by atoms with Crippen LogP contribution in [-0.4, -0.2) is 88.9 Å². The number of pyridine rings is 1. The largest absolute Gasteiger partial charge is 0.456 e. The minimum absolute atomic E-state index is 0.0627. The van der Waals surface area contributed by atoms with Gasteiger partial charge in [0.2, 0.25) is 11.8 Å². The van der Waals surface area contributed by atoms with Gasteiger partial charge in [0.15, 0.2) is 0 Å². The van der Waals surface area contributed by atoms with Crippen LogP contribution in [0.15, 0.2) is 36.5 Å². The van der Waals surface area contributed by atoms with Crippen LogP contribution in [0.4, 0.5) is 5.82 Å². The number of anilines is 1. The minimum Gasteiger partial charge on any atom is -0.456 e. The fourth-order valence-corrected chi connectivity index (χ4v) is 4.89. The summed E-state index contributed by atoms with van der Waals surface area (Å²) >= 11 is 0. The maximum Gasteiger partial charge on any atom is 0.340 e. The summed E-state index contributed by atoms with van der Waals surface area (Å²) in [5.74, 6) is -1.50. The van der Waals surface area contributed by atoms with Gasteiger partial charge in [-0.25, -0.2) is 9.78 Å². The maximum atomic E-state index is 13.0. The van der Waals surface area contributed by atoms with Crippen LogP contribution in [-0.2, 0) is 14.3 Å². The monoisotopic (exact) mass is 564 g/mol. The summed E-state index contributed by atoms with van der Waals surface area (Å²) in [4.78, 5) is 77.0. The number of carbonyl (C=O) groups excluding carboxylic acids is 5. The lowest BCUT2D eigenvalue weighted by atomic mass is 10.0. The van der Waals surface area contributed by atoms with E-state index in [2.05, 4.69) is 25.6 Å². The van der Waals surface area contributed by atoms with E-state index in [0.29, 0.717) is 18.0 Å². The Morgan fingerprint density at radius 2 is 1.76 bits per heavy atom. The molecule has 4 amide bonds. The quantitative estimate of drug-likeness (QED) is 0.283. The van der Waals surface area contributed by atoms with Gasteiger partial charge in [0.1, 0.15) is 23.2 Å². The number of hydrogen-bond acceptors (Lipinski definition) is 11. The van der Waals surface area contributed by atoms with Gasteiger partial charge in [-0.3, -0.25) is 34.3 Å². The number of amides is 4. The first-order valence-electron chi connectivity index (χ1n) is 13.4. The van der Waals surface area contributed by atoms with Crippen LogP contribution in [0.1, 0.15) is 64.7 Å². The third-order valence-electron chi connectivity index (χ3n) is 6.97. The highest BCUT2D eigenvalue weighted by atomic mass is 16.6. The summed E-state index contributed by atoms with van der Waals surface area (Å²) in [6, 6.07) is 7.07. The number of carbonyl (C=O) groups is 5. The zero-order valence-corrected chi connectivity index (χ0v) is 23.1. The van der Waals surface area contributed by atoms with Gasteiger partial charge in [-0.1, -0.05) is 0 Å². The van der Waals surface area contributed by atoms with E-state index in [9.17, 15) is 24.0 Å². The van der Waals surface area contributed by atoms with Crippen molar-refractivity contribution in [3.8, 4) is 5.75 Å².